The first-order valence-corrected chi connectivity index (χ1v) is 8.31. The molecule has 112 valence electrons. The third kappa shape index (κ3) is 3.11. The second-order valence-electron chi connectivity index (χ2n) is 6.43. The maximum absolute atomic E-state index is 4.48. The minimum atomic E-state index is 0.590. The fourth-order valence-electron chi connectivity index (χ4n) is 3.92. The lowest BCUT2D eigenvalue weighted by atomic mass is 9.90. The Hall–Kier alpha value is -1.41. The minimum Gasteiger partial charge on any atom is -0.316 e. The Balaban J connectivity index is 1.80. The van der Waals surface area contributed by atoms with Gasteiger partial charge in [0.2, 0.25) is 0 Å². The first kappa shape index (κ1) is 14.5. The van der Waals surface area contributed by atoms with E-state index in [1.165, 1.54) is 36.6 Å². The summed E-state index contributed by atoms with van der Waals surface area (Å²) in [5.41, 5.74) is 2.54. The van der Waals surface area contributed by atoms with Gasteiger partial charge in [-0.05, 0) is 55.8 Å². The zero-order chi connectivity index (χ0) is 14.7. The van der Waals surface area contributed by atoms with Gasteiger partial charge >= 0.3 is 0 Å². The summed E-state index contributed by atoms with van der Waals surface area (Å²) in [6, 6.07) is 11.3. The molecule has 2 nitrogen and oxygen atoms in total. The molecule has 1 saturated carbocycles. The van der Waals surface area contributed by atoms with Gasteiger partial charge in [-0.15, -0.1) is 0 Å². The van der Waals surface area contributed by atoms with Crippen molar-refractivity contribution in [2.45, 2.75) is 45.1 Å². The average molecular weight is 282 g/mol. The standard InChI is InChI=1S/C19H26N2/c1-3-14-8-9-16(12-14)19(20-2)13-15-10-11-21-18-7-5-4-6-17(15)18/h4-7,10-11,14,16,19-20H,3,8-9,12-13H2,1-2H3. The van der Waals surface area contributed by atoms with Crippen LogP contribution < -0.4 is 5.32 Å². The molecule has 1 aromatic carbocycles. The van der Waals surface area contributed by atoms with E-state index in [0.717, 1.165) is 23.8 Å². The zero-order valence-electron chi connectivity index (χ0n) is 13.2. The highest BCUT2D eigenvalue weighted by Gasteiger charge is 2.29. The zero-order valence-corrected chi connectivity index (χ0v) is 13.2. The molecule has 3 rings (SSSR count). The average Bonchev–Trinajstić information content (AvgIpc) is 3.01. The van der Waals surface area contributed by atoms with Gasteiger partial charge in [0.05, 0.1) is 5.52 Å². The Morgan fingerprint density at radius 1 is 1.24 bits per heavy atom. The molecule has 0 spiro atoms. The molecule has 1 aliphatic rings. The van der Waals surface area contributed by atoms with Crippen LogP contribution in [0.2, 0.25) is 0 Å². The van der Waals surface area contributed by atoms with Gasteiger partial charge in [-0.1, -0.05) is 38.0 Å². The van der Waals surface area contributed by atoms with Crippen LogP contribution in [0.25, 0.3) is 10.9 Å². The summed E-state index contributed by atoms with van der Waals surface area (Å²) in [6.07, 6.45) is 8.59. The SMILES string of the molecule is CCC1CCC(C(Cc2ccnc3ccccc23)NC)C1. The van der Waals surface area contributed by atoms with Crippen molar-refractivity contribution in [1.82, 2.24) is 10.3 Å². The van der Waals surface area contributed by atoms with Gasteiger partial charge in [0, 0.05) is 17.6 Å². The first-order chi connectivity index (χ1) is 10.3. The van der Waals surface area contributed by atoms with Gasteiger partial charge in [-0.2, -0.15) is 0 Å². The van der Waals surface area contributed by atoms with Gasteiger partial charge in [-0.3, -0.25) is 4.98 Å². The van der Waals surface area contributed by atoms with Gasteiger partial charge in [-0.25, -0.2) is 0 Å². The molecule has 1 aliphatic carbocycles. The topological polar surface area (TPSA) is 24.9 Å². The van der Waals surface area contributed by atoms with E-state index in [0.29, 0.717) is 6.04 Å². The van der Waals surface area contributed by atoms with E-state index in [9.17, 15) is 0 Å². The lowest BCUT2D eigenvalue weighted by Gasteiger charge is -2.24. The van der Waals surface area contributed by atoms with E-state index in [1.807, 2.05) is 6.20 Å². The number of pyridine rings is 1. The van der Waals surface area contributed by atoms with Crippen LogP contribution in [-0.2, 0) is 6.42 Å². The number of likely N-dealkylation sites (N-methyl/N-ethyl adjacent to an activating group) is 1. The molecule has 0 saturated heterocycles. The fourth-order valence-corrected chi connectivity index (χ4v) is 3.92. The predicted molar refractivity (Wildman–Crippen MR) is 89.4 cm³/mol. The molecule has 0 aliphatic heterocycles. The fraction of sp³-hybridized carbons (Fsp3) is 0.526. The number of para-hydroxylation sites is 1. The van der Waals surface area contributed by atoms with Gasteiger partial charge in [0.15, 0.2) is 0 Å². The maximum atomic E-state index is 4.48. The van der Waals surface area contributed by atoms with E-state index in [4.69, 9.17) is 0 Å². The third-order valence-corrected chi connectivity index (χ3v) is 5.28. The highest BCUT2D eigenvalue weighted by atomic mass is 14.9. The van der Waals surface area contributed by atoms with Crippen molar-refractivity contribution in [3.8, 4) is 0 Å². The number of hydrogen-bond donors (Lipinski definition) is 1. The van der Waals surface area contributed by atoms with Gasteiger partial charge in [0.25, 0.3) is 0 Å². The largest absolute Gasteiger partial charge is 0.316 e. The number of fused-ring (bicyclic) bond motifs is 1. The Morgan fingerprint density at radius 3 is 2.86 bits per heavy atom. The number of nitrogens with zero attached hydrogens (tertiary/aromatic N) is 1. The van der Waals surface area contributed by atoms with Crippen molar-refractivity contribution in [3.05, 3.63) is 42.1 Å². The van der Waals surface area contributed by atoms with Gasteiger partial charge in [0.1, 0.15) is 0 Å². The molecule has 1 fully saturated rings. The summed E-state index contributed by atoms with van der Waals surface area (Å²) in [4.78, 5) is 4.48. The molecule has 1 aromatic heterocycles. The molecule has 1 N–H and O–H groups in total. The highest BCUT2D eigenvalue weighted by molar-refractivity contribution is 5.81. The summed E-state index contributed by atoms with van der Waals surface area (Å²) >= 11 is 0. The lowest BCUT2D eigenvalue weighted by molar-refractivity contribution is 0.362. The third-order valence-electron chi connectivity index (χ3n) is 5.28. The maximum Gasteiger partial charge on any atom is 0.0704 e. The monoisotopic (exact) mass is 282 g/mol. The molecule has 0 radical (unpaired) electrons. The van der Waals surface area contributed by atoms with E-state index >= 15 is 0 Å². The molecule has 2 heteroatoms. The normalized spacial score (nSPS) is 23.5. The van der Waals surface area contributed by atoms with Crippen molar-refractivity contribution < 1.29 is 0 Å². The Morgan fingerprint density at radius 2 is 2.10 bits per heavy atom. The van der Waals surface area contributed by atoms with Crippen LogP contribution in [0.3, 0.4) is 0 Å². The van der Waals surface area contributed by atoms with Crippen molar-refractivity contribution in [1.29, 1.82) is 0 Å². The second-order valence-corrected chi connectivity index (χ2v) is 6.43. The summed E-state index contributed by atoms with van der Waals surface area (Å²) in [6.45, 7) is 2.33. The van der Waals surface area contributed by atoms with Crippen molar-refractivity contribution in [2.24, 2.45) is 11.8 Å². The van der Waals surface area contributed by atoms with Crippen LogP contribution >= 0.6 is 0 Å². The Bertz CT molecular complexity index is 588. The summed E-state index contributed by atoms with van der Waals surface area (Å²) in [5.74, 6) is 1.77. The van der Waals surface area contributed by atoms with E-state index in [2.05, 4.69) is 54.6 Å². The van der Waals surface area contributed by atoms with Crippen LogP contribution in [0.1, 0.15) is 38.2 Å². The van der Waals surface area contributed by atoms with E-state index in [-0.39, 0.29) is 0 Å². The number of aromatic nitrogens is 1. The van der Waals surface area contributed by atoms with Crippen LogP contribution in [0.5, 0.6) is 0 Å². The number of rotatable bonds is 5. The predicted octanol–water partition coefficient (Wildman–Crippen LogP) is 4.19. The molecule has 2 aromatic rings. The van der Waals surface area contributed by atoms with Crippen molar-refractivity contribution in [2.75, 3.05) is 7.05 Å². The molecule has 0 bridgehead atoms. The van der Waals surface area contributed by atoms with E-state index in [1.54, 1.807) is 0 Å². The second kappa shape index (κ2) is 6.57. The molecular weight excluding hydrogens is 256 g/mol. The molecule has 1 heterocycles. The van der Waals surface area contributed by atoms with Crippen LogP contribution in [0, 0.1) is 11.8 Å². The van der Waals surface area contributed by atoms with Crippen LogP contribution in [0.15, 0.2) is 36.5 Å². The number of nitrogens with one attached hydrogen (secondary N) is 1. The Labute approximate surface area is 128 Å². The first-order valence-electron chi connectivity index (χ1n) is 8.31. The van der Waals surface area contributed by atoms with Crippen LogP contribution in [0.4, 0.5) is 0 Å². The summed E-state index contributed by atoms with van der Waals surface area (Å²) in [7, 11) is 2.12. The molecule has 3 unspecified atom stereocenters. The molecule has 0 amide bonds. The molecular formula is C19H26N2. The van der Waals surface area contributed by atoms with Crippen molar-refractivity contribution >= 4 is 10.9 Å². The molecule has 21 heavy (non-hydrogen) atoms. The minimum absolute atomic E-state index is 0.590. The number of benzene rings is 1. The quantitative estimate of drug-likeness (QED) is 0.889. The number of hydrogen-bond acceptors (Lipinski definition) is 2. The van der Waals surface area contributed by atoms with Gasteiger partial charge < -0.3 is 5.32 Å². The van der Waals surface area contributed by atoms with E-state index < -0.39 is 0 Å². The summed E-state index contributed by atoms with van der Waals surface area (Å²) < 4.78 is 0. The Kier molecular flexibility index (Phi) is 4.54. The highest BCUT2D eigenvalue weighted by Crippen LogP contribution is 2.36. The smallest absolute Gasteiger partial charge is 0.0704 e. The lowest BCUT2D eigenvalue weighted by Crippen LogP contribution is -2.34. The van der Waals surface area contributed by atoms with Crippen LogP contribution in [-0.4, -0.2) is 18.1 Å². The van der Waals surface area contributed by atoms with Crippen molar-refractivity contribution in [3.63, 3.8) is 0 Å². The molecule has 3 atom stereocenters. The summed E-state index contributed by atoms with van der Waals surface area (Å²) in [5, 5.41) is 4.89.